The zero-order chi connectivity index (χ0) is 16.5. The summed E-state index contributed by atoms with van der Waals surface area (Å²) in [6.07, 6.45) is -4.67. The van der Waals surface area contributed by atoms with Gasteiger partial charge in [-0.25, -0.2) is 9.78 Å². The molecule has 0 aliphatic carbocycles. The fraction of sp³-hybridized carbons (Fsp3) is 0.462. The van der Waals surface area contributed by atoms with Gasteiger partial charge in [0.15, 0.2) is 0 Å². The van der Waals surface area contributed by atoms with E-state index in [-0.39, 0.29) is 5.82 Å². The van der Waals surface area contributed by atoms with E-state index in [0.29, 0.717) is 5.69 Å². The fourth-order valence-corrected chi connectivity index (χ4v) is 2.35. The van der Waals surface area contributed by atoms with E-state index >= 15 is 0 Å². The standard InChI is InChI=1S/C13H14F3N3O3/c1-7-3-2-4-10(17-7)18-12(22)19-5-8(11(20)21)9(6-19)13(14,15)16/h2-4,8-9H,5-6H2,1H3,(H,20,21)(H,17,18,22)/t8-,9-/m1/s1. The third-order valence-electron chi connectivity index (χ3n) is 3.47. The second-order valence-electron chi connectivity index (χ2n) is 5.09. The van der Waals surface area contributed by atoms with Gasteiger partial charge in [0.1, 0.15) is 5.82 Å². The maximum atomic E-state index is 12.9. The average Bonchev–Trinajstić information content (AvgIpc) is 2.83. The number of alkyl halides is 3. The fourth-order valence-electron chi connectivity index (χ4n) is 2.35. The molecule has 1 aliphatic rings. The van der Waals surface area contributed by atoms with Crippen LogP contribution in [0.4, 0.5) is 23.8 Å². The van der Waals surface area contributed by atoms with Crippen LogP contribution in [0.2, 0.25) is 0 Å². The monoisotopic (exact) mass is 317 g/mol. The third-order valence-corrected chi connectivity index (χ3v) is 3.47. The van der Waals surface area contributed by atoms with Crippen LogP contribution in [-0.2, 0) is 4.79 Å². The number of nitrogens with zero attached hydrogens (tertiary/aromatic N) is 2. The summed E-state index contributed by atoms with van der Waals surface area (Å²) in [5.74, 6) is -5.09. The molecule has 0 unspecified atom stereocenters. The zero-order valence-electron chi connectivity index (χ0n) is 11.6. The Bertz CT molecular complexity index is 591. The van der Waals surface area contributed by atoms with Crippen LogP contribution in [-0.4, -0.2) is 46.3 Å². The number of carboxylic acid groups (broad SMARTS) is 1. The second kappa shape index (κ2) is 5.82. The summed E-state index contributed by atoms with van der Waals surface area (Å²) in [5, 5.41) is 11.3. The Morgan fingerprint density at radius 3 is 2.55 bits per heavy atom. The summed E-state index contributed by atoms with van der Waals surface area (Å²) in [4.78, 5) is 27.8. The summed E-state index contributed by atoms with van der Waals surface area (Å²) in [5.41, 5.74) is 0.635. The number of likely N-dealkylation sites (tertiary alicyclic amines) is 1. The van der Waals surface area contributed by atoms with Crippen LogP contribution in [0.5, 0.6) is 0 Å². The van der Waals surface area contributed by atoms with Crippen molar-refractivity contribution in [2.24, 2.45) is 11.8 Å². The largest absolute Gasteiger partial charge is 0.481 e. The van der Waals surface area contributed by atoms with Crippen molar-refractivity contribution in [3.05, 3.63) is 23.9 Å². The molecule has 2 heterocycles. The minimum atomic E-state index is -4.67. The Kier molecular flexibility index (Phi) is 4.25. The molecule has 0 spiro atoms. The molecule has 9 heteroatoms. The first-order valence-corrected chi connectivity index (χ1v) is 6.47. The van der Waals surface area contributed by atoms with E-state index < -0.39 is 43.1 Å². The Morgan fingerprint density at radius 1 is 1.36 bits per heavy atom. The summed E-state index contributed by atoms with van der Waals surface area (Å²) < 4.78 is 38.6. The SMILES string of the molecule is Cc1cccc(NC(=O)N2C[C@@H](C(F)(F)F)[C@H](C(=O)O)C2)n1. The van der Waals surface area contributed by atoms with Crippen molar-refractivity contribution in [1.82, 2.24) is 9.88 Å². The highest BCUT2D eigenvalue weighted by Crippen LogP contribution is 2.37. The van der Waals surface area contributed by atoms with E-state index in [1.54, 1.807) is 19.1 Å². The molecule has 6 nitrogen and oxygen atoms in total. The van der Waals surface area contributed by atoms with Crippen LogP contribution in [0.15, 0.2) is 18.2 Å². The first kappa shape index (κ1) is 16.1. The number of anilines is 1. The Hall–Kier alpha value is -2.32. The van der Waals surface area contributed by atoms with Crippen molar-refractivity contribution in [3.8, 4) is 0 Å². The molecule has 2 amide bonds. The second-order valence-corrected chi connectivity index (χ2v) is 5.09. The van der Waals surface area contributed by atoms with Gasteiger partial charge in [-0.3, -0.25) is 10.1 Å². The van der Waals surface area contributed by atoms with Crippen molar-refractivity contribution in [2.45, 2.75) is 13.1 Å². The normalized spacial score (nSPS) is 21.7. The van der Waals surface area contributed by atoms with Crippen LogP contribution >= 0.6 is 0 Å². The molecule has 1 saturated heterocycles. The third kappa shape index (κ3) is 3.46. The zero-order valence-corrected chi connectivity index (χ0v) is 11.6. The molecule has 2 atom stereocenters. The van der Waals surface area contributed by atoms with E-state index in [2.05, 4.69) is 10.3 Å². The average molecular weight is 317 g/mol. The number of pyridine rings is 1. The summed E-state index contributed by atoms with van der Waals surface area (Å²) in [6, 6.07) is 4.04. The lowest BCUT2D eigenvalue weighted by molar-refractivity contribution is -0.187. The number of amides is 2. The summed E-state index contributed by atoms with van der Waals surface area (Å²) in [6.45, 7) is 0.529. The van der Waals surface area contributed by atoms with Crippen LogP contribution in [0.25, 0.3) is 0 Å². The van der Waals surface area contributed by atoms with E-state index in [1.807, 2.05) is 0 Å². The quantitative estimate of drug-likeness (QED) is 0.875. The maximum Gasteiger partial charge on any atom is 0.394 e. The molecular formula is C13H14F3N3O3. The topological polar surface area (TPSA) is 82.5 Å². The minimum absolute atomic E-state index is 0.201. The lowest BCUT2D eigenvalue weighted by Crippen LogP contribution is -2.35. The number of aromatic nitrogens is 1. The number of nitrogens with one attached hydrogen (secondary N) is 1. The van der Waals surface area contributed by atoms with Crippen molar-refractivity contribution in [2.75, 3.05) is 18.4 Å². The van der Waals surface area contributed by atoms with Gasteiger partial charge in [-0.15, -0.1) is 0 Å². The molecule has 0 radical (unpaired) electrons. The van der Waals surface area contributed by atoms with E-state index in [4.69, 9.17) is 5.11 Å². The smallest absolute Gasteiger partial charge is 0.394 e. The molecule has 1 aromatic heterocycles. The van der Waals surface area contributed by atoms with Gasteiger partial charge in [0.25, 0.3) is 0 Å². The van der Waals surface area contributed by atoms with Gasteiger partial charge in [-0.1, -0.05) is 6.07 Å². The van der Waals surface area contributed by atoms with Gasteiger partial charge < -0.3 is 10.0 Å². The van der Waals surface area contributed by atoms with Gasteiger partial charge in [0, 0.05) is 18.8 Å². The molecule has 0 aromatic carbocycles. The van der Waals surface area contributed by atoms with Gasteiger partial charge in [0.05, 0.1) is 11.8 Å². The van der Waals surface area contributed by atoms with Gasteiger partial charge in [-0.2, -0.15) is 13.2 Å². The number of carboxylic acids is 1. The Balaban J connectivity index is 2.10. The van der Waals surface area contributed by atoms with Crippen LogP contribution in [0.3, 0.4) is 0 Å². The van der Waals surface area contributed by atoms with E-state index in [9.17, 15) is 22.8 Å². The highest BCUT2D eigenvalue weighted by Gasteiger charge is 2.53. The molecule has 120 valence electrons. The highest BCUT2D eigenvalue weighted by atomic mass is 19.4. The first-order valence-electron chi connectivity index (χ1n) is 6.47. The molecule has 1 aliphatic heterocycles. The number of halogens is 3. The summed E-state index contributed by atoms with van der Waals surface area (Å²) in [7, 11) is 0. The number of carbonyl (C=O) groups excluding carboxylic acids is 1. The highest BCUT2D eigenvalue weighted by molar-refractivity contribution is 5.89. The van der Waals surface area contributed by atoms with Crippen molar-refractivity contribution >= 4 is 17.8 Å². The van der Waals surface area contributed by atoms with Crippen LogP contribution < -0.4 is 5.32 Å². The van der Waals surface area contributed by atoms with Crippen molar-refractivity contribution in [3.63, 3.8) is 0 Å². The Morgan fingerprint density at radius 2 is 2.05 bits per heavy atom. The molecule has 22 heavy (non-hydrogen) atoms. The number of hydrogen-bond acceptors (Lipinski definition) is 3. The number of hydrogen-bond donors (Lipinski definition) is 2. The number of urea groups is 1. The number of aryl methyl sites for hydroxylation is 1. The summed E-state index contributed by atoms with van der Waals surface area (Å²) >= 11 is 0. The lowest BCUT2D eigenvalue weighted by Gasteiger charge is -2.18. The van der Waals surface area contributed by atoms with E-state index in [1.165, 1.54) is 6.07 Å². The van der Waals surface area contributed by atoms with Gasteiger partial charge in [0.2, 0.25) is 0 Å². The maximum absolute atomic E-state index is 12.9. The molecule has 0 bridgehead atoms. The number of carbonyl (C=O) groups is 2. The molecular weight excluding hydrogens is 303 g/mol. The number of aliphatic carboxylic acids is 1. The molecule has 2 N–H and O–H groups in total. The van der Waals surface area contributed by atoms with Crippen LogP contribution in [0, 0.1) is 18.8 Å². The predicted molar refractivity (Wildman–Crippen MR) is 70.2 cm³/mol. The lowest BCUT2D eigenvalue weighted by atomic mass is 9.96. The molecule has 1 fully saturated rings. The predicted octanol–water partition coefficient (Wildman–Crippen LogP) is 2.12. The van der Waals surface area contributed by atoms with Crippen LogP contribution in [0.1, 0.15) is 5.69 Å². The first-order chi connectivity index (χ1) is 10.2. The van der Waals surface area contributed by atoms with Gasteiger partial charge in [-0.05, 0) is 19.1 Å². The van der Waals surface area contributed by atoms with Crippen molar-refractivity contribution in [1.29, 1.82) is 0 Å². The van der Waals surface area contributed by atoms with Gasteiger partial charge >= 0.3 is 18.2 Å². The van der Waals surface area contributed by atoms with E-state index in [0.717, 1.165) is 4.90 Å². The van der Waals surface area contributed by atoms with Crippen molar-refractivity contribution < 1.29 is 27.9 Å². The molecule has 0 saturated carbocycles. The number of rotatable bonds is 2. The molecule has 1 aromatic rings. The Labute approximate surface area is 123 Å². The minimum Gasteiger partial charge on any atom is -0.481 e. The molecule has 2 rings (SSSR count).